The van der Waals surface area contributed by atoms with E-state index in [1.54, 1.807) is 31.3 Å². The Labute approximate surface area is 146 Å². The minimum absolute atomic E-state index is 0.0608. The number of nitrogens with one attached hydrogen (secondary N) is 1. The van der Waals surface area contributed by atoms with Crippen LogP contribution in [-0.4, -0.2) is 35.6 Å². The molecule has 1 aliphatic heterocycles. The molecule has 0 fully saturated rings. The largest absolute Gasteiger partial charge is 0.497 e. The first-order chi connectivity index (χ1) is 11.9. The van der Waals surface area contributed by atoms with E-state index in [0.717, 1.165) is 5.69 Å². The van der Waals surface area contributed by atoms with Gasteiger partial charge in [0, 0.05) is 18.8 Å². The maximum atomic E-state index is 12.7. The van der Waals surface area contributed by atoms with Crippen LogP contribution in [0.5, 0.6) is 11.5 Å². The molecule has 0 atom stereocenters. The van der Waals surface area contributed by atoms with Gasteiger partial charge in [0.1, 0.15) is 11.5 Å². The molecule has 0 saturated carbocycles. The van der Waals surface area contributed by atoms with Crippen LogP contribution >= 0.6 is 0 Å². The van der Waals surface area contributed by atoms with E-state index in [1.807, 2.05) is 0 Å². The number of sulfonamides is 1. The van der Waals surface area contributed by atoms with Crippen molar-refractivity contribution in [3.8, 4) is 11.5 Å². The van der Waals surface area contributed by atoms with E-state index in [2.05, 4.69) is 4.72 Å². The Morgan fingerprint density at radius 3 is 2.52 bits per heavy atom. The highest BCUT2D eigenvalue weighted by atomic mass is 32.2. The molecule has 1 aliphatic rings. The third kappa shape index (κ3) is 3.12. The molecule has 2 aromatic rings. The average Bonchev–Trinajstić information content (AvgIpc) is 2.89. The van der Waals surface area contributed by atoms with Gasteiger partial charge in [-0.05, 0) is 35.9 Å². The van der Waals surface area contributed by atoms with Gasteiger partial charge >= 0.3 is 0 Å². The van der Waals surface area contributed by atoms with Gasteiger partial charge in [-0.3, -0.25) is 9.52 Å². The molecule has 8 heteroatoms. The van der Waals surface area contributed by atoms with E-state index in [1.165, 1.54) is 31.3 Å². The summed E-state index contributed by atoms with van der Waals surface area (Å²) in [6, 6.07) is 9.44. The zero-order valence-corrected chi connectivity index (χ0v) is 14.9. The van der Waals surface area contributed by atoms with Crippen molar-refractivity contribution < 1.29 is 22.7 Å². The van der Waals surface area contributed by atoms with Crippen LogP contribution in [0.4, 0.5) is 11.4 Å². The molecule has 0 radical (unpaired) electrons. The van der Waals surface area contributed by atoms with E-state index in [-0.39, 0.29) is 17.2 Å². The molecular weight excluding hydrogens is 344 g/mol. The maximum absolute atomic E-state index is 12.7. The minimum Gasteiger partial charge on any atom is -0.497 e. The smallest absolute Gasteiger partial charge is 0.262 e. The van der Waals surface area contributed by atoms with E-state index >= 15 is 0 Å². The zero-order valence-electron chi connectivity index (χ0n) is 14.1. The highest BCUT2D eigenvalue weighted by Gasteiger charge is 2.26. The quantitative estimate of drug-likeness (QED) is 0.880. The zero-order chi connectivity index (χ0) is 18.2. The summed E-state index contributed by atoms with van der Waals surface area (Å²) >= 11 is 0. The number of rotatable bonds is 5. The number of fused-ring (bicyclic) bond motifs is 1. The van der Waals surface area contributed by atoms with Crippen LogP contribution in [0, 0.1) is 0 Å². The number of carbonyl (C=O) groups excluding carboxylic acids is 1. The lowest BCUT2D eigenvalue weighted by Gasteiger charge is -2.14. The van der Waals surface area contributed by atoms with Crippen LogP contribution in [0.2, 0.25) is 0 Å². The van der Waals surface area contributed by atoms with Gasteiger partial charge in [-0.1, -0.05) is 0 Å². The highest BCUT2D eigenvalue weighted by Crippen LogP contribution is 2.33. The Kier molecular flexibility index (Phi) is 4.30. The molecule has 7 nitrogen and oxygen atoms in total. The van der Waals surface area contributed by atoms with Crippen LogP contribution in [0.25, 0.3) is 0 Å². The fourth-order valence-corrected chi connectivity index (χ4v) is 3.82. The van der Waals surface area contributed by atoms with E-state index < -0.39 is 10.0 Å². The standard InChI is InChI=1S/C17H18N2O5S/c1-19-15-7-5-13(8-11(15)9-17(19)20)25(21,22)18-14-6-4-12(23-2)10-16(14)24-3/h4-8,10,18H,9H2,1-3H3. The molecule has 25 heavy (non-hydrogen) atoms. The van der Waals surface area contributed by atoms with Crippen molar-refractivity contribution in [1.82, 2.24) is 0 Å². The molecule has 1 amide bonds. The average molecular weight is 362 g/mol. The molecule has 0 spiro atoms. The van der Waals surface area contributed by atoms with E-state index in [0.29, 0.717) is 22.7 Å². The molecule has 0 aromatic heterocycles. The molecule has 2 aromatic carbocycles. The number of likely N-dealkylation sites (N-methyl/N-ethyl adjacent to an activating group) is 1. The Morgan fingerprint density at radius 2 is 1.84 bits per heavy atom. The van der Waals surface area contributed by atoms with Gasteiger partial charge in [0.2, 0.25) is 5.91 Å². The molecule has 0 bridgehead atoms. The molecule has 0 aliphatic carbocycles. The number of carbonyl (C=O) groups is 1. The van der Waals surface area contributed by atoms with Gasteiger partial charge in [-0.15, -0.1) is 0 Å². The summed E-state index contributed by atoms with van der Waals surface area (Å²) in [5, 5.41) is 0. The lowest BCUT2D eigenvalue weighted by Crippen LogP contribution is -2.20. The van der Waals surface area contributed by atoms with Crippen LogP contribution < -0.4 is 19.1 Å². The fourth-order valence-electron chi connectivity index (χ4n) is 2.70. The van der Waals surface area contributed by atoms with Gasteiger partial charge in [0.25, 0.3) is 10.0 Å². The summed E-state index contributed by atoms with van der Waals surface area (Å²) < 4.78 is 38.2. The van der Waals surface area contributed by atoms with Crippen molar-refractivity contribution in [2.45, 2.75) is 11.3 Å². The fraction of sp³-hybridized carbons (Fsp3) is 0.235. The highest BCUT2D eigenvalue weighted by molar-refractivity contribution is 7.92. The van der Waals surface area contributed by atoms with Crippen LogP contribution in [0.15, 0.2) is 41.3 Å². The van der Waals surface area contributed by atoms with Gasteiger partial charge in [0.15, 0.2) is 0 Å². The molecular formula is C17H18N2O5S. The molecule has 1 heterocycles. The van der Waals surface area contributed by atoms with Crippen LogP contribution in [0.3, 0.4) is 0 Å². The van der Waals surface area contributed by atoms with E-state index in [4.69, 9.17) is 9.47 Å². The first-order valence-corrected chi connectivity index (χ1v) is 8.98. The second kappa shape index (κ2) is 6.29. The predicted octanol–water partition coefficient (Wildman–Crippen LogP) is 2.02. The summed E-state index contributed by atoms with van der Waals surface area (Å²) in [6.07, 6.45) is 0.195. The van der Waals surface area contributed by atoms with Crippen molar-refractivity contribution >= 4 is 27.3 Å². The van der Waals surface area contributed by atoms with Crippen LogP contribution in [-0.2, 0) is 21.2 Å². The number of benzene rings is 2. The summed E-state index contributed by atoms with van der Waals surface area (Å²) in [5.41, 5.74) is 1.72. The van der Waals surface area contributed by atoms with Crippen molar-refractivity contribution in [3.63, 3.8) is 0 Å². The Balaban J connectivity index is 1.94. The predicted molar refractivity (Wildman–Crippen MR) is 93.9 cm³/mol. The van der Waals surface area contributed by atoms with Crippen molar-refractivity contribution in [1.29, 1.82) is 0 Å². The third-order valence-electron chi connectivity index (χ3n) is 4.09. The normalized spacial score (nSPS) is 13.6. The van der Waals surface area contributed by atoms with Crippen molar-refractivity contribution in [2.75, 3.05) is 30.9 Å². The summed E-state index contributed by atoms with van der Waals surface area (Å²) in [5.74, 6) is 0.840. The van der Waals surface area contributed by atoms with Crippen molar-refractivity contribution in [3.05, 3.63) is 42.0 Å². The monoisotopic (exact) mass is 362 g/mol. The minimum atomic E-state index is -3.82. The van der Waals surface area contributed by atoms with Gasteiger partial charge in [0.05, 0.1) is 31.2 Å². The maximum Gasteiger partial charge on any atom is 0.262 e. The number of hydrogen-bond donors (Lipinski definition) is 1. The molecule has 1 N–H and O–H groups in total. The summed E-state index contributed by atoms with van der Waals surface area (Å²) in [7, 11) is 0.810. The number of ether oxygens (including phenoxy) is 2. The second-order valence-corrected chi connectivity index (χ2v) is 7.27. The Hall–Kier alpha value is -2.74. The molecule has 0 unspecified atom stereocenters. The van der Waals surface area contributed by atoms with Gasteiger partial charge in [-0.2, -0.15) is 0 Å². The molecule has 132 valence electrons. The number of hydrogen-bond acceptors (Lipinski definition) is 5. The Bertz CT molecular complexity index is 940. The van der Waals surface area contributed by atoms with Crippen molar-refractivity contribution in [2.24, 2.45) is 0 Å². The Morgan fingerprint density at radius 1 is 1.08 bits per heavy atom. The molecule has 3 rings (SSSR count). The lowest BCUT2D eigenvalue weighted by molar-refractivity contribution is -0.117. The van der Waals surface area contributed by atoms with E-state index in [9.17, 15) is 13.2 Å². The second-order valence-electron chi connectivity index (χ2n) is 5.59. The number of nitrogens with zero attached hydrogens (tertiary/aromatic N) is 1. The first kappa shape index (κ1) is 17.1. The first-order valence-electron chi connectivity index (χ1n) is 7.50. The third-order valence-corrected chi connectivity index (χ3v) is 5.45. The summed E-state index contributed by atoms with van der Waals surface area (Å²) in [4.78, 5) is 13.4. The topological polar surface area (TPSA) is 84.9 Å². The SMILES string of the molecule is COc1ccc(NS(=O)(=O)c2ccc3c(c2)CC(=O)N3C)c(OC)c1. The molecule has 0 saturated heterocycles. The number of amides is 1. The van der Waals surface area contributed by atoms with Gasteiger partial charge in [-0.25, -0.2) is 8.42 Å². The number of anilines is 2. The summed E-state index contributed by atoms with van der Waals surface area (Å²) in [6.45, 7) is 0. The number of methoxy groups -OCH3 is 2. The van der Waals surface area contributed by atoms with Gasteiger partial charge < -0.3 is 14.4 Å². The van der Waals surface area contributed by atoms with Crippen LogP contribution in [0.1, 0.15) is 5.56 Å². The lowest BCUT2D eigenvalue weighted by atomic mass is 10.2.